The number of halogens is 2. The summed E-state index contributed by atoms with van der Waals surface area (Å²) in [6.07, 6.45) is 1.76. The van der Waals surface area contributed by atoms with E-state index >= 15 is 0 Å². The van der Waals surface area contributed by atoms with E-state index in [1.54, 1.807) is 6.20 Å². The molecule has 2 rings (SSSR count). The van der Waals surface area contributed by atoms with Gasteiger partial charge in [-0.05, 0) is 30.7 Å². The minimum Gasteiger partial charge on any atom is -0.369 e. The highest BCUT2D eigenvalue weighted by Gasteiger charge is 2.07. The number of nitrogens with two attached hydrogens (primary N) is 1. The first-order valence-electron chi connectivity index (χ1n) is 4.79. The summed E-state index contributed by atoms with van der Waals surface area (Å²) in [6, 6.07) is 5.70. The fourth-order valence-electron chi connectivity index (χ4n) is 1.52. The van der Waals surface area contributed by atoms with Gasteiger partial charge < -0.3 is 10.3 Å². The van der Waals surface area contributed by atoms with E-state index in [2.05, 4.69) is 20.9 Å². The van der Waals surface area contributed by atoms with E-state index in [-0.39, 0.29) is 0 Å². The predicted octanol–water partition coefficient (Wildman–Crippen LogP) is 3.24. The van der Waals surface area contributed by atoms with Crippen LogP contribution in [0.3, 0.4) is 0 Å². The van der Waals surface area contributed by atoms with Gasteiger partial charge in [0.25, 0.3) is 0 Å². The van der Waals surface area contributed by atoms with Crippen LogP contribution in [-0.2, 0) is 6.54 Å². The molecule has 84 valence electrons. The van der Waals surface area contributed by atoms with Gasteiger partial charge in [-0.25, -0.2) is 4.98 Å². The maximum Gasteiger partial charge on any atom is 0.200 e. The Kier molecular flexibility index (Phi) is 3.21. The third kappa shape index (κ3) is 2.23. The maximum absolute atomic E-state index is 5.96. The molecule has 0 aliphatic heterocycles. The van der Waals surface area contributed by atoms with Gasteiger partial charge in [-0.1, -0.05) is 27.5 Å². The van der Waals surface area contributed by atoms with E-state index in [4.69, 9.17) is 17.3 Å². The van der Waals surface area contributed by atoms with Gasteiger partial charge >= 0.3 is 0 Å². The zero-order valence-electron chi connectivity index (χ0n) is 8.74. The van der Waals surface area contributed by atoms with Crippen LogP contribution >= 0.6 is 27.5 Å². The van der Waals surface area contributed by atoms with Crippen molar-refractivity contribution in [3.05, 3.63) is 45.1 Å². The van der Waals surface area contributed by atoms with Gasteiger partial charge in [0, 0.05) is 15.2 Å². The first-order valence-corrected chi connectivity index (χ1v) is 5.96. The van der Waals surface area contributed by atoms with Crippen LogP contribution in [0.15, 0.2) is 28.9 Å². The second kappa shape index (κ2) is 4.47. The van der Waals surface area contributed by atoms with Gasteiger partial charge in [-0.15, -0.1) is 0 Å². The van der Waals surface area contributed by atoms with Gasteiger partial charge in [0.2, 0.25) is 5.95 Å². The molecule has 0 amide bonds. The number of nitrogens with zero attached hydrogens (tertiary/aromatic N) is 2. The number of aryl methyl sites for hydroxylation is 1. The number of hydrogen-bond donors (Lipinski definition) is 1. The van der Waals surface area contributed by atoms with Gasteiger partial charge in [0.05, 0.1) is 12.7 Å². The summed E-state index contributed by atoms with van der Waals surface area (Å²) in [6.45, 7) is 2.64. The zero-order chi connectivity index (χ0) is 11.7. The molecule has 0 unspecified atom stereocenters. The number of nitrogen functional groups attached to an aromatic ring is 1. The van der Waals surface area contributed by atoms with Crippen LogP contribution in [0, 0.1) is 6.92 Å². The molecule has 0 radical (unpaired) electrons. The fraction of sp³-hybridized carbons (Fsp3) is 0.182. The molecular weight excluding hydrogens is 289 g/mol. The largest absolute Gasteiger partial charge is 0.369 e. The lowest BCUT2D eigenvalue weighted by Gasteiger charge is -2.09. The molecule has 16 heavy (non-hydrogen) atoms. The Labute approximate surface area is 107 Å². The monoisotopic (exact) mass is 299 g/mol. The summed E-state index contributed by atoms with van der Waals surface area (Å²) in [5, 5.41) is 0.717. The Morgan fingerprint density at radius 3 is 2.88 bits per heavy atom. The first-order chi connectivity index (χ1) is 7.58. The van der Waals surface area contributed by atoms with Crippen molar-refractivity contribution in [1.82, 2.24) is 9.55 Å². The van der Waals surface area contributed by atoms with Crippen LogP contribution in [0.2, 0.25) is 5.02 Å². The maximum atomic E-state index is 5.96. The second-order valence-electron chi connectivity index (χ2n) is 3.58. The number of hydrogen-bond acceptors (Lipinski definition) is 2. The molecule has 0 saturated heterocycles. The summed E-state index contributed by atoms with van der Waals surface area (Å²) >= 11 is 9.45. The molecule has 0 aliphatic carbocycles. The predicted molar refractivity (Wildman–Crippen MR) is 69.6 cm³/mol. The van der Waals surface area contributed by atoms with Crippen LogP contribution in [-0.4, -0.2) is 9.55 Å². The number of imidazole rings is 1. The summed E-state index contributed by atoms with van der Waals surface area (Å²) in [5.74, 6) is 0.518. The van der Waals surface area contributed by atoms with Crippen molar-refractivity contribution in [3.63, 3.8) is 0 Å². The van der Waals surface area contributed by atoms with Crippen molar-refractivity contribution < 1.29 is 0 Å². The van der Waals surface area contributed by atoms with Crippen molar-refractivity contribution >= 4 is 33.5 Å². The Hall–Kier alpha value is -1.000. The Morgan fingerprint density at radius 2 is 2.25 bits per heavy atom. The van der Waals surface area contributed by atoms with Crippen LogP contribution in [0.25, 0.3) is 0 Å². The van der Waals surface area contributed by atoms with Gasteiger partial charge in [0.15, 0.2) is 0 Å². The molecule has 1 aromatic heterocycles. The molecule has 1 aromatic carbocycles. The average molecular weight is 301 g/mol. The lowest BCUT2D eigenvalue weighted by Crippen LogP contribution is -2.06. The van der Waals surface area contributed by atoms with E-state index in [0.29, 0.717) is 12.5 Å². The smallest absolute Gasteiger partial charge is 0.200 e. The number of aromatic nitrogens is 2. The highest BCUT2D eigenvalue weighted by molar-refractivity contribution is 9.10. The molecule has 0 spiro atoms. The molecule has 0 fully saturated rings. The topological polar surface area (TPSA) is 43.8 Å². The molecular formula is C11H11BrClN3. The Morgan fingerprint density at radius 1 is 1.50 bits per heavy atom. The fourth-order valence-corrected chi connectivity index (χ4v) is 2.09. The molecule has 0 bridgehead atoms. The van der Waals surface area contributed by atoms with E-state index in [1.807, 2.05) is 29.7 Å². The summed E-state index contributed by atoms with van der Waals surface area (Å²) in [4.78, 5) is 4.06. The molecule has 2 N–H and O–H groups in total. The van der Waals surface area contributed by atoms with Crippen LogP contribution in [0.1, 0.15) is 11.3 Å². The third-order valence-corrected chi connectivity index (χ3v) is 3.43. The van der Waals surface area contributed by atoms with Crippen LogP contribution in [0.5, 0.6) is 0 Å². The van der Waals surface area contributed by atoms with Crippen LogP contribution in [0.4, 0.5) is 5.95 Å². The normalized spacial score (nSPS) is 10.7. The highest BCUT2D eigenvalue weighted by Crippen LogP contribution is 2.23. The van der Waals surface area contributed by atoms with Crippen molar-refractivity contribution in [1.29, 1.82) is 0 Å². The second-order valence-corrected chi connectivity index (χ2v) is 4.87. The Bertz CT molecular complexity index is 502. The van der Waals surface area contributed by atoms with Gasteiger partial charge in [-0.2, -0.15) is 0 Å². The molecule has 0 saturated carbocycles. The summed E-state index contributed by atoms with van der Waals surface area (Å²) in [5.41, 5.74) is 7.90. The van der Waals surface area contributed by atoms with Gasteiger partial charge in [-0.3, -0.25) is 0 Å². The molecule has 1 heterocycles. The van der Waals surface area contributed by atoms with E-state index < -0.39 is 0 Å². The first kappa shape index (κ1) is 11.5. The minimum absolute atomic E-state index is 0.518. The number of anilines is 1. The molecule has 0 atom stereocenters. The zero-order valence-corrected chi connectivity index (χ0v) is 11.1. The van der Waals surface area contributed by atoms with E-state index in [0.717, 1.165) is 20.8 Å². The molecule has 5 heteroatoms. The summed E-state index contributed by atoms with van der Waals surface area (Å²) in [7, 11) is 0. The van der Waals surface area contributed by atoms with Crippen molar-refractivity contribution in [3.8, 4) is 0 Å². The van der Waals surface area contributed by atoms with Crippen molar-refractivity contribution in [2.24, 2.45) is 0 Å². The lowest BCUT2D eigenvalue weighted by molar-refractivity contribution is 0.780. The Balaban J connectivity index is 2.37. The van der Waals surface area contributed by atoms with Gasteiger partial charge in [0.1, 0.15) is 0 Å². The number of rotatable bonds is 2. The average Bonchev–Trinajstić information content (AvgIpc) is 2.55. The standard InChI is InChI=1S/C11H11BrClN3/c1-7-5-15-11(14)16(7)6-8-4-9(13)2-3-10(8)12/h2-5H,6H2,1H3,(H2,14,15). The SMILES string of the molecule is Cc1cnc(N)n1Cc1cc(Cl)ccc1Br. The van der Waals surface area contributed by atoms with Crippen LogP contribution < -0.4 is 5.73 Å². The van der Waals surface area contributed by atoms with Crippen molar-refractivity contribution in [2.75, 3.05) is 5.73 Å². The van der Waals surface area contributed by atoms with Crippen molar-refractivity contribution in [2.45, 2.75) is 13.5 Å². The lowest BCUT2D eigenvalue weighted by atomic mass is 10.2. The molecule has 2 aromatic rings. The van der Waals surface area contributed by atoms with E-state index in [9.17, 15) is 0 Å². The minimum atomic E-state index is 0.518. The third-order valence-electron chi connectivity index (χ3n) is 2.42. The molecule has 0 aliphatic rings. The quantitative estimate of drug-likeness (QED) is 0.925. The highest BCUT2D eigenvalue weighted by atomic mass is 79.9. The number of benzene rings is 1. The molecule has 3 nitrogen and oxygen atoms in total. The van der Waals surface area contributed by atoms with E-state index in [1.165, 1.54) is 0 Å². The summed E-state index contributed by atoms with van der Waals surface area (Å²) < 4.78 is 2.96.